The number of ether oxygens (including phenoxy) is 1. The molecule has 1 fully saturated rings. The largest absolute Gasteiger partial charge is 0.388 e. The molecule has 0 aliphatic carbocycles. The first-order valence-electron chi connectivity index (χ1n) is 6.38. The van der Waals surface area contributed by atoms with Crippen LogP contribution in [0.5, 0.6) is 0 Å². The van der Waals surface area contributed by atoms with Gasteiger partial charge >= 0.3 is 0 Å². The van der Waals surface area contributed by atoms with Crippen LogP contribution in [-0.4, -0.2) is 42.7 Å². The van der Waals surface area contributed by atoms with Crippen LogP contribution < -0.4 is 5.32 Å². The number of anilines is 1. The summed E-state index contributed by atoms with van der Waals surface area (Å²) >= 11 is 0. The van der Waals surface area contributed by atoms with E-state index >= 15 is 0 Å². The quantitative estimate of drug-likeness (QED) is 0.664. The van der Waals surface area contributed by atoms with Gasteiger partial charge in [-0.1, -0.05) is 0 Å². The van der Waals surface area contributed by atoms with Crippen LogP contribution in [0.2, 0.25) is 0 Å². The lowest BCUT2D eigenvalue weighted by atomic mass is 10.1. The van der Waals surface area contributed by atoms with Gasteiger partial charge in [0.1, 0.15) is 0 Å². The van der Waals surface area contributed by atoms with E-state index in [0.29, 0.717) is 25.8 Å². The molecular formula is C13H19N3O3. The maximum absolute atomic E-state index is 10.9. The molecule has 6 heteroatoms. The van der Waals surface area contributed by atoms with Crippen molar-refractivity contribution in [3.63, 3.8) is 0 Å². The molecule has 0 bridgehead atoms. The van der Waals surface area contributed by atoms with Gasteiger partial charge in [0.15, 0.2) is 0 Å². The number of hydrogen-bond acceptors (Lipinski definition) is 5. The van der Waals surface area contributed by atoms with Crippen molar-refractivity contribution in [2.75, 3.05) is 32.1 Å². The number of nitro benzene ring substituents is 1. The van der Waals surface area contributed by atoms with Crippen molar-refractivity contribution in [2.45, 2.75) is 19.5 Å². The SMILES string of the molecule is CNc1ccc([N+](=O)[O-])cc1CN1CCOCC1C. The van der Waals surface area contributed by atoms with Gasteiger partial charge in [0.05, 0.1) is 18.1 Å². The van der Waals surface area contributed by atoms with Crippen LogP contribution in [0.3, 0.4) is 0 Å². The Balaban J connectivity index is 2.21. The van der Waals surface area contributed by atoms with Crippen LogP contribution in [0.15, 0.2) is 18.2 Å². The maximum Gasteiger partial charge on any atom is 0.269 e. The fourth-order valence-electron chi connectivity index (χ4n) is 2.28. The molecule has 104 valence electrons. The molecule has 1 heterocycles. The third kappa shape index (κ3) is 3.21. The number of non-ortho nitro benzene ring substituents is 1. The van der Waals surface area contributed by atoms with Crippen molar-refractivity contribution in [2.24, 2.45) is 0 Å². The summed E-state index contributed by atoms with van der Waals surface area (Å²) in [6.45, 7) is 5.09. The molecule has 19 heavy (non-hydrogen) atoms. The van der Waals surface area contributed by atoms with Crippen LogP contribution >= 0.6 is 0 Å². The van der Waals surface area contributed by atoms with Crippen LogP contribution in [0, 0.1) is 10.1 Å². The molecule has 6 nitrogen and oxygen atoms in total. The molecule has 0 saturated carbocycles. The average molecular weight is 265 g/mol. The Morgan fingerprint density at radius 2 is 2.37 bits per heavy atom. The van der Waals surface area contributed by atoms with Gasteiger partial charge in [-0.25, -0.2) is 0 Å². The lowest BCUT2D eigenvalue weighted by Crippen LogP contribution is -2.43. The molecule has 1 aromatic carbocycles. The van der Waals surface area contributed by atoms with Gasteiger partial charge in [-0.2, -0.15) is 0 Å². The normalized spacial score (nSPS) is 20.2. The van der Waals surface area contributed by atoms with Crippen molar-refractivity contribution in [1.29, 1.82) is 0 Å². The molecule has 1 aromatic rings. The highest BCUT2D eigenvalue weighted by atomic mass is 16.6. The Morgan fingerprint density at radius 1 is 1.58 bits per heavy atom. The van der Waals surface area contributed by atoms with Gasteiger partial charge in [-0.05, 0) is 18.6 Å². The fourth-order valence-corrected chi connectivity index (χ4v) is 2.28. The van der Waals surface area contributed by atoms with Crippen molar-refractivity contribution >= 4 is 11.4 Å². The Bertz CT molecular complexity index is 464. The van der Waals surface area contributed by atoms with E-state index in [4.69, 9.17) is 4.74 Å². The van der Waals surface area contributed by atoms with Crippen molar-refractivity contribution in [1.82, 2.24) is 4.90 Å². The minimum absolute atomic E-state index is 0.134. The highest BCUT2D eigenvalue weighted by Gasteiger charge is 2.20. The second-order valence-electron chi connectivity index (χ2n) is 4.74. The minimum atomic E-state index is -0.355. The molecule has 1 atom stereocenters. The van der Waals surface area contributed by atoms with Gasteiger partial charge < -0.3 is 10.1 Å². The molecule has 0 aromatic heterocycles. The summed E-state index contributed by atoms with van der Waals surface area (Å²) in [6.07, 6.45) is 0. The van der Waals surface area contributed by atoms with E-state index in [0.717, 1.165) is 17.8 Å². The van der Waals surface area contributed by atoms with Crippen molar-refractivity contribution in [3.8, 4) is 0 Å². The summed E-state index contributed by atoms with van der Waals surface area (Å²) in [5, 5.41) is 13.9. The number of morpholine rings is 1. The van der Waals surface area contributed by atoms with Crippen LogP contribution in [0.1, 0.15) is 12.5 Å². The third-order valence-corrected chi connectivity index (χ3v) is 3.45. The molecular weight excluding hydrogens is 246 g/mol. The lowest BCUT2D eigenvalue weighted by Gasteiger charge is -2.33. The Morgan fingerprint density at radius 3 is 3.00 bits per heavy atom. The Kier molecular flexibility index (Phi) is 4.34. The van der Waals surface area contributed by atoms with E-state index in [1.54, 1.807) is 12.1 Å². The number of nitro groups is 1. The molecule has 1 saturated heterocycles. The molecule has 1 aliphatic rings. The lowest BCUT2D eigenvalue weighted by molar-refractivity contribution is -0.384. The molecule has 0 radical (unpaired) electrons. The summed E-state index contributed by atoms with van der Waals surface area (Å²) in [4.78, 5) is 12.8. The average Bonchev–Trinajstić information content (AvgIpc) is 2.41. The number of rotatable bonds is 4. The van der Waals surface area contributed by atoms with Gasteiger partial charge in [0.25, 0.3) is 5.69 Å². The molecule has 2 rings (SSSR count). The van der Waals surface area contributed by atoms with E-state index < -0.39 is 0 Å². The zero-order chi connectivity index (χ0) is 13.8. The van der Waals surface area contributed by atoms with Gasteiger partial charge in [-0.15, -0.1) is 0 Å². The summed E-state index contributed by atoms with van der Waals surface area (Å²) in [6, 6.07) is 5.27. The Hall–Kier alpha value is -1.66. The van der Waals surface area contributed by atoms with Crippen LogP contribution in [0.4, 0.5) is 11.4 Å². The van der Waals surface area contributed by atoms with E-state index in [2.05, 4.69) is 17.1 Å². The number of benzene rings is 1. The third-order valence-electron chi connectivity index (χ3n) is 3.45. The monoisotopic (exact) mass is 265 g/mol. The van der Waals surface area contributed by atoms with E-state index in [1.807, 2.05) is 7.05 Å². The highest BCUT2D eigenvalue weighted by molar-refractivity contribution is 5.55. The number of nitrogens with one attached hydrogen (secondary N) is 1. The second kappa shape index (κ2) is 5.99. The molecule has 1 unspecified atom stereocenters. The van der Waals surface area contributed by atoms with Crippen molar-refractivity contribution < 1.29 is 9.66 Å². The van der Waals surface area contributed by atoms with Gasteiger partial charge in [0.2, 0.25) is 0 Å². The standard InChI is InChI=1S/C13H19N3O3/c1-10-9-19-6-5-15(10)8-11-7-12(16(17)18)3-4-13(11)14-2/h3-4,7,10,14H,5-6,8-9H2,1-2H3. The smallest absolute Gasteiger partial charge is 0.269 e. The van der Waals surface area contributed by atoms with Crippen LogP contribution in [0.25, 0.3) is 0 Å². The van der Waals surface area contributed by atoms with Gasteiger partial charge in [-0.3, -0.25) is 15.0 Å². The molecule has 1 aliphatic heterocycles. The maximum atomic E-state index is 10.9. The summed E-state index contributed by atoms with van der Waals surface area (Å²) in [5.41, 5.74) is 2.02. The molecule has 1 N–H and O–H groups in total. The fraction of sp³-hybridized carbons (Fsp3) is 0.538. The van der Waals surface area contributed by atoms with E-state index in [1.165, 1.54) is 6.07 Å². The zero-order valence-corrected chi connectivity index (χ0v) is 11.3. The van der Waals surface area contributed by atoms with Crippen molar-refractivity contribution in [3.05, 3.63) is 33.9 Å². The predicted molar refractivity (Wildman–Crippen MR) is 73.3 cm³/mol. The van der Waals surface area contributed by atoms with Gasteiger partial charge in [0, 0.05) is 44.0 Å². The Labute approximate surface area is 112 Å². The van der Waals surface area contributed by atoms with E-state index in [-0.39, 0.29) is 10.6 Å². The first-order chi connectivity index (χ1) is 9.11. The topological polar surface area (TPSA) is 67.6 Å². The summed E-state index contributed by atoms with van der Waals surface area (Å²) < 4.78 is 5.40. The summed E-state index contributed by atoms with van der Waals surface area (Å²) in [7, 11) is 1.83. The molecule has 0 spiro atoms. The number of nitrogens with zero attached hydrogens (tertiary/aromatic N) is 2. The predicted octanol–water partition coefficient (Wildman–Crippen LogP) is 1.86. The molecule has 0 amide bonds. The van der Waals surface area contributed by atoms with Crippen LogP contribution in [-0.2, 0) is 11.3 Å². The zero-order valence-electron chi connectivity index (χ0n) is 11.3. The number of hydrogen-bond donors (Lipinski definition) is 1. The summed E-state index contributed by atoms with van der Waals surface area (Å²) in [5.74, 6) is 0. The first-order valence-corrected chi connectivity index (χ1v) is 6.38. The minimum Gasteiger partial charge on any atom is -0.388 e. The van der Waals surface area contributed by atoms with E-state index in [9.17, 15) is 10.1 Å². The second-order valence-corrected chi connectivity index (χ2v) is 4.74. The highest BCUT2D eigenvalue weighted by Crippen LogP contribution is 2.24. The first kappa shape index (κ1) is 13.8.